The maximum absolute atomic E-state index is 6.07. The van der Waals surface area contributed by atoms with E-state index in [1.807, 2.05) is 24.3 Å². The molecule has 1 fully saturated rings. The molecule has 5 nitrogen and oxygen atoms in total. The molecule has 0 aliphatic carbocycles. The van der Waals surface area contributed by atoms with E-state index in [-0.39, 0.29) is 5.41 Å². The Kier molecular flexibility index (Phi) is 4.16. The van der Waals surface area contributed by atoms with Crippen molar-refractivity contribution in [3.63, 3.8) is 0 Å². The summed E-state index contributed by atoms with van der Waals surface area (Å²) >= 11 is 3.49. The van der Waals surface area contributed by atoms with E-state index in [1.54, 1.807) is 12.4 Å². The van der Waals surface area contributed by atoms with Crippen molar-refractivity contribution in [3.05, 3.63) is 64.7 Å². The van der Waals surface area contributed by atoms with Crippen molar-refractivity contribution in [1.29, 1.82) is 0 Å². The Morgan fingerprint density at radius 1 is 1.00 bits per heavy atom. The van der Waals surface area contributed by atoms with Crippen LogP contribution in [0.2, 0.25) is 0 Å². The molecule has 0 bridgehead atoms. The van der Waals surface area contributed by atoms with Crippen LogP contribution in [-0.4, -0.2) is 28.4 Å². The quantitative estimate of drug-likeness (QED) is 0.681. The maximum atomic E-state index is 6.07. The molecule has 4 rings (SSSR count). The summed E-state index contributed by atoms with van der Waals surface area (Å²) in [5, 5.41) is 8.62. The third-order valence-corrected chi connectivity index (χ3v) is 5.01. The predicted octanol–water partition coefficient (Wildman–Crippen LogP) is 3.99. The standard InChI is InChI=1S/C18H16BrN3O2/c19-15-5-3-14(4-6-15)18(7-10-23-11-8-18)17-22-21-16(24-17)13-2-1-9-20-12-13/h1-6,9,12H,7-8,10-11H2. The highest BCUT2D eigenvalue weighted by atomic mass is 79.9. The highest BCUT2D eigenvalue weighted by Gasteiger charge is 2.41. The van der Waals surface area contributed by atoms with E-state index in [4.69, 9.17) is 9.15 Å². The largest absolute Gasteiger partial charge is 0.420 e. The first-order chi connectivity index (χ1) is 11.8. The molecule has 0 atom stereocenters. The van der Waals surface area contributed by atoms with Crippen LogP contribution in [0, 0.1) is 0 Å². The minimum Gasteiger partial charge on any atom is -0.420 e. The van der Waals surface area contributed by atoms with Crippen LogP contribution in [0.15, 0.2) is 57.7 Å². The van der Waals surface area contributed by atoms with E-state index in [0.29, 0.717) is 25.0 Å². The fourth-order valence-corrected chi connectivity index (χ4v) is 3.40. The minimum atomic E-state index is -0.299. The summed E-state index contributed by atoms with van der Waals surface area (Å²) in [6.45, 7) is 1.36. The second-order valence-electron chi connectivity index (χ2n) is 5.86. The summed E-state index contributed by atoms with van der Waals surface area (Å²) in [5.74, 6) is 1.15. The number of hydrogen-bond acceptors (Lipinski definition) is 5. The number of rotatable bonds is 3. The lowest BCUT2D eigenvalue weighted by molar-refractivity contribution is 0.0546. The number of benzene rings is 1. The first-order valence-electron chi connectivity index (χ1n) is 7.86. The van der Waals surface area contributed by atoms with Gasteiger partial charge in [-0.1, -0.05) is 28.1 Å². The van der Waals surface area contributed by atoms with Crippen LogP contribution in [0.4, 0.5) is 0 Å². The molecule has 122 valence electrons. The Bertz CT molecular complexity index is 812. The minimum absolute atomic E-state index is 0.299. The second kappa shape index (κ2) is 6.45. The Balaban J connectivity index is 1.77. The summed E-state index contributed by atoms with van der Waals surface area (Å²) in [7, 11) is 0. The van der Waals surface area contributed by atoms with Crippen LogP contribution in [0.25, 0.3) is 11.5 Å². The van der Waals surface area contributed by atoms with Crippen molar-refractivity contribution >= 4 is 15.9 Å². The third kappa shape index (κ3) is 2.76. The zero-order valence-corrected chi connectivity index (χ0v) is 14.6. The van der Waals surface area contributed by atoms with Gasteiger partial charge < -0.3 is 9.15 Å². The topological polar surface area (TPSA) is 61.0 Å². The van der Waals surface area contributed by atoms with Crippen molar-refractivity contribution in [2.75, 3.05) is 13.2 Å². The van der Waals surface area contributed by atoms with Gasteiger partial charge in [-0.25, -0.2) is 0 Å². The van der Waals surface area contributed by atoms with E-state index >= 15 is 0 Å². The van der Waals surface area contributed by atoms with Crippen LogP contribution in [0.1, 0.15) is 24.3 Å². The van der Waals surface area contributed by atoms with Gasteiger partial charge in [0.2, 0.25) is 11.8 Å². The van der Waals surface area contributed by atoms with E-state index in [9.17, 15) is 0 Å². The molecular formula is C18H16BrN3O2. The van der Waals surface area contributed by atoms with E-state index < -0.39 is 0 Å². The van der Waals surface area contributed by atoms with Gasteiger partial charge in [0, 0.05) is 30.1 Å². The van der Waals surface area contributed by atoms with Crippen molar-refractivity contribution in [2.45, 2.75) is 18.3 Å². The van der Waals surface area contributed by atoms with Gasteiger partial charge in [0.1, 0.15) is 0 Å². The van der Waals surface area contributed by atoms with Gasteiger partial charge in [0.15, 0.2) is 0 Å². The highest BCUT2D eigenvalue weighted by molar-refractivity contribution is 9.10. The van der Waals surface area contributed by atoms with Crippen molar-refractivity contribution in [2.24, 2.45) is 0 Å². The summed E-state index contributed by atoms with van der Waals surface area (Å²) in [5.41, 5.74) is 1.71. The van der Waals surface area contributed by atoms with Crippen LogP contribution in [0.5, 0.6) is 0 Å². The molecule has 0 radical (unpaired) electrons. The average Bonchev–Trinajstić information content (AvgIpc) is 3.14. The molecule has 3 heterocycles. The zero-order valence-electron chi connectivity index (χ0n) is 13.0. The molecule has 1 aliphatic heterocycles. The Morgan fingerprint density at radius 3 is 2.50 bits per heavy atom. The fourth-order valence-electron chi connectivity index (χ4n) is 3.14. The molecule has 1 aliphatic rings. The lowest BCUT2D eigenvalue weighted by atomic mass is 9.74. The molecule has 6 heteroatoms. The molecule has 0 unspecified atom stereocenters. The summed E-state index contributed by atoms with van der Waals surface area (Å²) in [6.07, 6.45) is 5.10. The normalized spacial score (nSPS) is 16.9. The second-order valence-corrected chi connectivity index (χ2v) is 6.77. The van der Waals surface area contributed by atoms with E-state index in [2.05, 4.69) is 43.2 Å². The predicted molar refractivity (Wildman–Crippen MR) is 92.5 cm³/mol. The molecule has 0 spiro atoms. The SMILES string of the molecule is Brc1ccc(C2(c3nnc(-c4cccnc4)o3)CCOCC2)cc1. The van der Waals surface area contributed by atoms with Gasteiger partial charge >= 0.3 is 0 Å². The molecule has 24 heavy (non-hydrogen) atoms. The average molecular weight is 386 g/mol. The summed E-state index contributed by atoms with van der Waals surface area (Å²) in [6, 6.07) is 12.1. The molecule has 1 aromatic carbocycles. The van der Waals surface area contributed by atoms with Gasteiger partial charge in [-0.2, -0.15) is 0 Å². The number of aromatic nitrogens is 3. The Labute approximate surface area is 148 Å². The van der Waals surface area contributed by atoms with Crippen LogP contribution < -0.4 is 0 Å². The number of pyridine rings is 1. The lowest BCUT2D eigenvalue weighted by Crippen LogP contribution is -2.35. The third-order valence-electron chi connectivity index (χ3n) is 4.49. The first-order valence-corrected chi connectivity index (χ1v) is 8.65. The molecule has 3 aromatic rings. The smallest absolute Gasteiger partial charge is 0.249 e. The van der Waals surface area contributed by atoms with E-state index in [0.717, 1.165) is 22.9 Å². The van der Waals surface area contributed by atoms with Gasteiger partial charge in [0.05, 0.1) is 11.0 Å². The first kappa shape index (κ1) is 15.5. The van der Waals surface area contributed by atoms with Crippen LogP contribution in [0.3, 0.4) is 0 Å². The molecule has 0 N–H and O–H groups in total. The van der Waals surface area contributed by atoms with Crippen LogP contribution in [-0.2, 0) is 10.2 Å². The van der Waals surface area contributed by atoms with Crippen molar-refractivity contribution in [3.8, 4) is 11.5 Å². The Hall–Kier alpha value is -2.05. The summed E-state index contributed by atoms with van der Waals surface area (Å²) in [4.78, 5) is 4.12. The lowest BCUT2D eigenvalue weighted by Gasteiger charge is -2.34. The van der Waals surface area contributed by atoms with Crippen molar-refractivity contribution in [1.82, 2.24) is 15.2 Å². The maximum Gasteiger partial charge on any atom is 0.249 e. The summed E-state index contributed by atoms with van der Waals surface area (Å²) < 4.78 is 12.7. The number of halogens is 1. The van der Waals surface area contributed by atoms with Gasteiger partial charge in [0.25, 0.3) is 0 Å². The zero-order chi connectivity index (χ0) is 16.4. The van der Waals surface area contributed by atoms with Gasteiger partial charge in [-0.15, -0.1) is 10.2 Å². The fraction of sp³-hybridized carbons (Fsp3) is 0.278. The molecule has 2 aromatic heterocycles. The van der Waals surface area contributed by atoms with Crippen molar-refractivity contribution < 1.29 is 9.15 Å². The number of hydrogen-bond donors (Lipinski definition) is 0. The van der Waals surface area contributed by atoms with Crippen LogP contribution >= 0.6 is 15.9 Å². The van der Waals surface area contributed by atoms with E-state index in [1.165, 1.54) is 5.56 Å². The monoisotopic (exact) mass is 385 g/mol. The van der Waals surface area contributed by atoms with Gasteiger partial charge in [-0.3, -0.25) is 4.98 Å². The number of nitrogens with zero attached hydrogens (tertiary/aromatic N) is 3. The molecular weight excluding hydrogens is 370 g/mol. The molecule has 0 amide bonds. The number of ether oxygens (including phenoxy) is 1. The molecule has 1 saturated heterocycles. The van der Waals surface area contributed by atoms with Gasteiger partial charge in [-0.05, 0) is 42.7 Å². The highest BCUT2D eigenvalue weighted by Crippen LogP contribution is 2.41. The Morgan fingerprint density at radius 2 is 1.79 bits per heavy atom. The molecule has 0 saturated carbocycles.